The van der Waals surface area contributed by atoms with Crippen LogP contribution < -0.4 is 10.1 Å². The molecule has 1 aromatic rings. The Hall–Kier alpha value is -1.80. The van der Waals surface area contributed by atoms with Crippen molar-refractivity contribution in [3.05, 3.63) is 41.5 Å². The zero-order valence-electron chi connectivity index (χ0n) is 20.0. The van der Waals surface area contributed by atoms with Gasteiger partial charge in [0, 0.05) is 30.2 Å². The lowest BCUT2D eigenvalue weighted by molar-refractivity contribution is 0.134. The second-order valence-electron chi connectivity index (χ2n) is 9.44. The van der Waals surface area contributed by atoms with Gasteiger partial charge in [-0.05, 0) is 57.2 Å². The molecule has 2 aliphatic rings. The van der Waals surface area contributed by atoms with Gasteiger partial charge < -0.3 is 20.3 Å². The average molecular weight is 440 g/mol. The van der Waals surface area contributed by atoms with E-state index in [0.717, 1.165) is 31.7 Å². The zero-order valence-corrected chi connectivity index (χ0v) is 20.0. The number of rotatable bonds is 12. The minimum absolute atomic E-state index is 0.0204. The highest BCUT2D eigenvalue weighted by molar-refractivity contribution is 5.49. The van der Waals surface area contributed by atoms with E-state index in [4.69, 9.17) is 4.74 Å². The molecule has 0 aromatic heterocycles. The first-order chi connectivity index (χ1) is 15.6. The standard InChI is InChI=1S/C28H41NO3/c1-4-6-11-20(3)24(30)16-15-22-25(31)19-26-27(22)23-14-10-13-21(28(23)32-26)12-8-9-18-29-17-7-5-2/h10,13-16,20,22,24-27,29-31H,5,7-9,11-12,17-19H2,1-3H3/t20-,22-,24+,25+,26-,27-/m0/s1. The molecule has 32 heavy (non-hydrogen) atoms. The number of benzene rings is 1. The van der Waals surface area contributed by atoms with E-state index < -0.39 is 12.2 Å². The SMILES string of the molecule is CC#CC[C@H](C)[C@H](O)C=C[C@@H]1[C@H]2c3cccc(CCCCNCCCC)c3O[C@H]2C[C@H]1O. The molecule has 3 N–H and O–H groups in total. The second-order valence-corrected chi connectivity index (χ2v) is 9.44. The fourth-order valence-corrected chi connectivity index (χ4v) is 4.97. The molecule has 4 heteroatoms. The van der Waals surface area contributed by atoms with Gasteiger partial charge in [-0.25, -0.2) is 0 Å². The van der Waals surface area contributed by atoms with Crippen LogP contribution in [-0.4, -0.2) is 41.6 Å². The van der Waals surface area contributed by atoms with Crippen molar-refractivity contribution >= 4 is 0 Å². The van der Waals surface area contributed by atoms with Crippen LogP contribution in [0.15, 0.2) is 30.4 Å². The van der Waals surface area contributed by atoms with E-state index in [0.29, 0.717) is 12.8 Å². The monoisotopic (exact) mass is 439 g/mol. The quantitative estimate of drug-likeness (QED) is 0.253. The third kappa shape index (κ3) is 6.16. The molecule has 0 amide bonds. The molecule has 6 atom stereocenters. The van der Waals surface area contributed by atoms with E-state index in [1.54, 1.807) is 0 Å². The van der Waals surface area contributed by atoms with Crippen LogP contribution in [0.5, 0.6) is 5.75 Å². The number of unbranched alkanes of at least 4 members (excludes halogenated alkanes) is 2. The molecule has 0 saturated heterocycles. The van der Waals surface area contributed by atoms with Gasteiger partial charge in [0.15, 0.2) is 0 Å². The van der Waals surface area contributed by atoms with Gasteiger partial charge in [0.25, 0.3) is 0 Å². The molecule has 1 aliphatic heterocycles. The summed E-state index contributed by atoms with van der Waals surface area (Å²) in [6, 6.07) is 6.47. The maximum atomic E-state index is 10.7. The van der Waals surface area contributed by atoms with Crippen molar-refractivity contribution in [3.63, 3.8) is 0 Å². The van der Waals surface area contributed by atoms with Crippen molar-refractivity contribution in [2.24, 2.45) is 11.8 Å². The van der Waals surface area contributed by atoms with Crippen molar-refractivity contribution in [2.75, 3.05) is 13.1 Å². The van der Waals surface area contributed by atoms with Crippen LogP contribution in [0.1, 0.15) is 76.3 Å². The lowest BCUT2D eigenvalue weighted by atomic mass is 9.86. The number of hydrogen-bond acceptors (Lipinski definition) is 4. The Morgan fingerprint density at radius 2 is 2.06 bits per heavy atom. The Bertz CT molecular complexity index is 809. The van der Waals surface area contributed by atoms with Crippen molar-refractivity contribution < 1.29 is 14.9 Å². The van der Waals surface area contributed by atoms with E-state index in [-0.39, 0.29) is 23.9 Å². The smallest absolute Gasteiger partial charge is 0.126 e. The van der Waals surface area contributed by atoms with Gasteiger partial charge in [-0.2, -0.15) is 0 Å². The number of ether oxygens (including phenoxy) is 1. The number of aliphatic hydroxyl groups is 2. The summed E-state index contributed by atoms with van der Waals surface area (Å²) < 4.78 is 6.39. The summed E-state index contributed by atoms with van der Waals surface area (Å²) in [5.74, 6) is 7.17. The lowest BCUT2D eigenvalue weighted by Gasteiger charge is -2.19. The van der Waals surface area contributed by atoms with Crippen LogP contribution in [-0.2, 0) is 6.42 Å². The average Bonchev–Trinajstić information content (AvgIpc) is 3.30. The first kappa shape index (κ1) is 24.8. The summed E-state index contributed by atoms with van der Waals surface area (Å²) in [4.78, 5) is 0. The maximum Gasteiger partial charge on any atom is 0.126 e. The van der Waals surface area contributed by atoms with E-state index in [1.165, 1.54) is 30.4 Å². The van der Waals surface area contributed by atoms with Crippen LogP contribution in [0.2, 0.25) is 0 Å². The predicted octanol–water partition coefficient (Wildman–Crippen LogP) is 4.59. The van der Waals surface area contributed by atoms with Gasteiger partial charge >= 0.3 is 0 Å². The fourth-order valence-electron chi connectivity index (χ4n) is 4.97. The summed E-state index contributed by atoms with van der Waals surface area (Å²) in [7, 11) is 0. The molecule has 176 valence electrons. The van der Waals surface area contributed by atoms with Gasteiger partial charge in [0.05, 0.1) is 12.2 Å². The maximum absolute atomic E-state index is 10.7. The first-order valence-electron chi connectivity index (χ1n) is 12.5. The summed E-state index contributed by atoms with van der Waals surface area (Å²) in [6.45, 7) is 8.23. The molecule has 1 heterocycles. The number of fused-ring (bicyclic) bond motifs is 3. The molecular formula is C28H41NO3. The largest absolute Gasteiger partial charge is 0.489 e. The van der Waals surface area contributed by atoms with Crippen molar-refractivity contribution in [2.45, 2.75) is 89.9 Å². The summed E-state index contributed by atoms with van der Waals surface area (Å²) in [5, 5.41) is 24.7. The number of hydrogen-bond donors (Lipinski definition) is 3. The molecule has 0 spiro atoms. The third-order valence-corrected chi connectivity index (χ3v) is 6.96. The minimum atomic E-state index is -0.554. The van der Waals surface area contributed by atoms with Gasteiger partial charge in [-0.3, -0.25) is 0 Å². The zero-order chi connectivity index (χ0) is 22.9. The topological polar surface area (TPSA) is 61.7 Å². The molecule has 3 rings (SSSR count). The molecule has 1 aliphatic carbocycles. The van der Waals surface area contributed by atoms with Crippen molar-refractivity contribution in [3.8, 4) is 17.6 Å². The Morgan fingerprint density at radius 3 is 2.84 bits per heavy atom. The molecule has 1 fully saturated rings. The third-order valence-electron chi connectivity index (χ3n) is 6.96. The second kappa shape index (κ2) is 12.4. The first-order valence-corrected chi connectivity index (χ1v) is 12.5. The van der Waals surface area contributed by atoms with Crippen molar-refractivity contribution in [1.82, 2.24) is 5.32 Å². The summed E-state index contributed by atoms with van der Waals surface area (Å²) >= 11 is 0. The molecule has 4 nitrogen and oxygen atoms in total. The van der Waals surface area contributed by atoms with E-state index >= 15 is 0 Å². The number of nitrogens with one attached hydrogen (secondary N) is 1. The van der Waals surface area contributed by atoms with Crippen LogP contribution in [0.25, 0.3) is 0 Å². The molecule has 0 bridgehead atoms. The molecule has 0 unspecified atom stereocenters. The Kier molecular flexibility index (Phi) is 9.66. The van der Waals surface area contributed by atoms with Gasteiger partial charge in [0.1, 0.15) is 11.9 Å². The van der Waals surface area contributed by atoms with Crippen LogP contribution >= 0.6 is 0 Å². The molecule has 1 saturated carbocycles. The van der Waals surface area contributed by atoms with Crippen LogP contribution in [0, 0.1) is 23.7 Å². The minimum Gasteiger partial charge on any atom is -0.489 e. The number of aryl methyl sites for hydroxylation is 1. The highest BCUT2D eigenvalue weighted by Crippen LogP contribution is 2.52. The number of aliphatic hydroxyl groups excluding tert-OH is 2. The number of para-hydroxylation sites is 1. The van der Waals surface area contributed by atoms with E-state index in [2.05, 4.69) is 42.3 Å². The van der Waals surface area contributed by atoms with Crippen LogP contribution in [0.4, 0.5) is 0 Å². The van der Waals surface area contributed by atoms with Gasteiger partial charge in [-0.1, -0.05) is 50.6 Å². The van der Waals surface area contributed by atoms with Gasteiger partial charge in [0.2, 0.25) is 0 Å². The lowest BCUT2D eigenvalue weighted by Crippen LogP contribution is -2.19. The predicted molar refractivity (Wildman–Crippen MR) is 131 cm³/mol. The molecular weight excluding hydrogens is 398 g/mol. The van der Waals surface area contributed by atoms with Gasteiger partial charge in [-0.15, -0.1) is 11.8 Å². The van der Waals surface area contributed by atoms with E-state index in [9.17, 15) is 10.2 Å². The molecule has 0 radical (unpaired) electrons. The molecule has 1 aromatic carbocycles. The Balaban J connectivity index is 1.62. The fraction of sp³-hybridized carbons (Fsp3) is 0.643. The summed E-state index contributed by atoms with van der Waals surface area (Å²) in [6.07, 6.45) is 10.0. The highest BCUT2D eigenvalue weighted by atomic mass is 16.5. The highest BCUT2D eigenvalue weighted by Gasteiger charge is 2.48. The van der Waals surface area contributed by atoms with E-state index in [1.807, 2.05) is 26.0 Å². The normalized spacial score (nSPS) is 25.7. The van der Waals surface area contributed by atoms with Crippen LogP contribution in [0.3, 0.4) is 0 Å². The van der Waals surface area contributed by atoms with Crippen molar-refractivity contribution in [1.29, 1.82) is 0 Å². The Morgan fingerprint density at radius 1 is 1.25 bits per heavy atom. The Labute approximate surface area is 194 Å². The summed E-state index contributed by atoms with van der Waals surface area (Å²) in [5.41, 5.74) is 2.51.